The van der Waals surface area contributed by atoms with Crippen LogP contribution in [0.25, 0.3) is 6.08 Å². The van der Waals surface area contributed by atoms with Crippen LogP contribution in [0.5, 0.6) is 0 Å². The molecule has 0 unspecified atom stereocenters. The highest BCUT2D eigenvalue weighted by Crippen LogP contribution is 2.31. The van der Waals surface area contributed by atoms with Gasteiger partial charge in [-0.3, -0.25) is 19.3 Å². The summed E-state index contributed by atoms with van der Waals surface area (Å²) in [6.45, 7) is 0.0539. The summed E-state index contributed by atoms with van der Waals surface area (Å²) in [5.74, 6) is -0.908. The molecule has 0 aliphatic carbocycles. The number of thioether (sulfide) groups is 1. The lowest BCUT2D eigenvalue weighted by Gasteiger charge is -2.14. The van der Waals surface area contributed by atoms with E-state index in [9.17, 15) is 22.8 Å². The molecule has 1 aliphatic rings. The van der Waals surface area contributed by atoms with Gasteiger partial charge in [0, 0.05) is 32.7 Å². The van der Waals surface area contributed by atoms with Crippen molar-refractivity contribution in [3.63, 3.8) is 0 Å². The molecule has 3 rings (SSSR count). The lowest BCUT2D eigenvalue weighted by Crippen LogP contribution is -2.37. The molecule has 1 heterocycles. The van der Waals surface area contributed by atoms with Crippen LogP contribution in [0, 0.1) is 0 Å². The van der Waals surface area contributed by atoms with Crippen LogP contribution >= 0.6 is 11.8 Å². The maximum Gasteiger partial charge on any atom is 0.293 e. The quantitative estimate of drug-likeness (QED) is 0.638. The van der Waals surface area contributed by atoms with Gasteiger partial charge in [0.25, 0.3) is 17.1 Å². The van der Waals surface area contributed by atoms with Gasteiger partial charge in [-0.15, -0.1) is 0 Å². The van der Waals surface area contributed by atoms with Gasteiger partial charge in [0.2, 0.25) is 10.0 Å². The van der Waals surface area contributed by atoms with Gasteiger partial charge in [-0.1, -0.05) is 36.4 Å². The Morgan fingerprint density at radius 2 is 1.81 bits per heavy atom. The van der Waals surface area contributed by atoms with Gasteiger partial charge in [0.05, 0.1) is 9.80 Å². The van der Waals surface area contributed by atoms with Crippen LogP contribution in [-0.2, 0) is 14.8 Å². The zero-order valence-corrected chi connectivity index (χ0v) is 18.6. The number of benzene rings is 2. The van der Waals surface area contributed by atoms with E-state index in [4.69, 9.17) is 0 Å². The molecule has 31 heavy (non-hydrogen) atoms. The Hall–Kier alpha value is -2.95. The Balaban J connectivity index is 1.62. The van der Waals surface area contributed by atoms with Gasteiger partial charge >= 0.3 is 0 Å². The van der Waals surface area contributed by atoms with Gasteiger partial charge < -0.3 is 5.32 Å². The highest BCUT2D eigenvalue weighted by atomic mass is 32.2. The molecule has 0 bridgehead atoms. The van der Waals surface area contributed by atoms with Crippen molar-refractivity contribution < 1.29 is 22.8 Å². The van der Waals surface area contributed by atoms with Crippen LogP contribution in [-0.4, -0.2) is 61.9 Å². The fraction of sp³-hybridized carbons (Fsp3) is 0.190. The van der Waals surface area contributed by atoms with E-state index < -0.39 is 27.1 Å². The van der Waals surface area contributed by atoms with Gasteiger partial charge in [-0.05, 0) is 41.6 Å². The van der Waals surface area contributed by atoms with Crippen LogP contribution in [0.4, 0.5) is 4.79 Å². The minimum absolute atomic E-state index is 0.00198. The smallest absolute Gasteiger partial charge is 0.293 e. The second-order valence-electron chi connectivity index (χ2n) is 6.82. The molecule has 1 N–H and O–H groups in total. The summed E-state index contributed by atoms with van der Waals surface area (Å²) >= 11 is 0.854. The first-order chi connectivity index (χ1) is 14.7. The highest BCUT2D eigenvalue weighted by molar-refractivity contribution is 8.18. The minimum Gasteiger partial charge on any atom is -0.350 e. The third-order valence-electron chi connectivity index (χ3n) is 4.47. The molecule has 2 aromatic rings. The fourth-order valence-corrected chi connectivity index (χ4v) is 4.60. The summed E-state index contributed by atoms with van der Waals surface area (Å²) in [5.41, 5.74) is 0.981. The third-order valence-corrected chi connectivity index (χ3v) is 7.19. The number of nitrogens with zero attached hydrogens (tertiary/aromatic N) is 2. The predicted octanol–water partition coefficient (Wildman–Crippen LogP) is 2.40. The maximum absolute atomic E-state index is 12.5. The zero-order valence-electron chi connectivity index (χ0n) is 16.9. The number of sulfonamides is 1. The molecule has 2 aromatic carbocycles. The number of carbonyl (C=O) groups excluding carboxylic acids is 3. The topological polar surface area (TPSA) is 104 Å². The van der Waals surface area contributed by atoms with Crippen molar-refractivity contribution in [2.75, 3.05) is 27.2 Å². The van der Waals surface area contributed by atoms with Crippen molar-refractivity contribution in [2.45, 2.75) is 4.90 Å². The van der Waals surface area contributed by atoms with Crippen molar-refractivity contribution in [1.82, 2.24) is 14.5 Å². The molecule has 0 aromatic heterocycles. The Morgan fingerprint density at radius 1 is 1.10 bits per heavy atom. The minimum atomic E-state index is -3.67. The number of amides is 3. The van der Waals surface area contributed by atoms with Crippen molar-refractivity contribution in [1.29, 1.82) is 0 Å². The van der Waals surface area contributed by atoms with Crippen LogP contribution in [0.15, 0.2) is 64.4 Å². The fourth-order valence-electron chi connectivity index (χ4n) is 2.79. The first-order valence-electron chi connectivity index (χ1n) is 9.31. The SMILES string of the molecule is CN(C)S(=O)(=O)c1cccc(C(=O)NCCN2C(=O)S/C(=C/c3ccccc3)C2=O)c1. The highest BCUT2D eigenvalue weighted by Gasteiger charge is 2.34. The van der Waals surface area contributed by atoms with Gasteiger partial charge in [-0.25, -0.2) is 12.7 Å². The van der Waals surface area contributed by atoms with Gasteiger partial charge in [0.15, 0.2) is 0 Å². The van der Waals surface area contributed by atoms with E-state index in [1.165, 1.54) is 38.4 Å². The van der Waals surface area contributed by atoms with E-state index in [-0.39, 0.29) is 23.5 Å². The predicted molar refractivity (Wildman–Crippen MR) is 119 cm³/mol. The number of nitrogens with one attached hydrogen (secondary N) is 1. The molecule has 0 spiro atoms. The average Bonchev–Trinajstić information content (AvgIpc) is 3.01. The molecule has 1 fully saturated rings. The summed E-state index contributed by atoms with van der Waals surface area (Å²) in [6, 6.07) is 14.9. The molecule has 8 nitrogen and oxygen atoms in total. The molecule has 1 aliphatic heterocycles. The summed E-state index contributed by atoms with van der Waals surface area (Å²) < 4.78 is 25.5. The number of hydrogen-bond acceptors (Lipinski definition) is 6. The van der Waals surface area contributed by atoms with E-state index in [0.29, 0.717) is 4.91 Å². The first kappa shape index (κ1) is 22.7. The number of imide groups is 1. The van der Waals surface area contributed by atoms with Crippen molar-refractivity contribution >= 4 is 44.9 Å². The second kappa shape index (κ2) is 9.46. The Bertz CT molecular complexity index is 1140. The van der Waals surface area contributed by atoms with Crippen LogP contribution < -0.4 is 5.32 Å². The normalized spacial score (nSPS) is 15.7. The molecular formula is C21H21N3O5S2. The molecule has 1 saturated heterocycles. The molecule has 10 heteroatoms. The molecule has 0 saturated carbocycles. The molecule has 3 amide bonds. The third kappa shape index (κ3) is 5.22. The number of hydrogen-bond donors (Lipinski definition) is 1. The van der Waals surface area contributed by atoms with Crippen LogP contribution in [0.2, 0.25) is 0 Å². The van der Waals surface area contributed by atoms with Crippen molar-refractivity contribution in [2.24, 2.45) is 0 Å². The molecule has 0 radical (unpaired) electrons. The molecule has 0 atom stereocenters. The first-order valence-corrected chi connectivity index (χ1v) is 11.6. The summed E-state index contributed by atoms with van der Waals surface area (Å²) in [6.07, 6.45) is 1.65. The van der Waals surface area contributed by atoms with Gasteiger partial charge in [0.1, 0.15) is 0 Å². The largest absolute Gasteiger partial charge is 0.350 e. The Morgan fingerprint density at radius 3 is 2.48 bits per heavy atom. The summed E-state index contributed by atoms with van der Waals surface area (Å²) in [4.78, 5) is 38.5. The number of carbonyl (C=O) groups is 3. The second-order valence-corrected chi connectivity index (χ2v) is 9.96. The van der Waals surface area contributed by atoms with E-state index >= 15 is 0 Å². The van der Waals surface area contributed by atoms with Crippen LogP contribution in [0.3, 0.4) is 0 Å². The standard InChI is InChI=1S/C21H21N3O5S2/c1-23(2)31(28,29)17-10-6-9-16(14-17)19(25)22-11-12-24-20(26)18(30-21(24)27)13-15-7-4-3-5-8-15/h3-10,13-14H,11-12H2,1-2H3,(H,22,25)/b18-13+. The lowest BCUT2D eigenvalue weighted by molar-refractivity contribution is -0.122. The number of rotatable bonds is 7. The van der Waals surface area contributed by atoms with E-state index in [0.717, 1.165) is 26.5 Å². The maximum atomic E-state index is 12.5. The Labute approximate surface area is 185 Å². The van der Waals surface area contributed by atoms with Crippen LogP contribution in [0.1, 0.15) is 15.9 Å². The lowest BCUT2D eigenvalue weighted by atomic mass is 10.2. The average molecular weight is 460 g/mol. The summed E-state index contributed by atoms with van der Waals surface area (Å²) in [7, 11) is -0.851. The van der Waals surface area contributed by atoms with E-state index in [2.05, 4.69) is 5.32 Å². The van der Waals surface area contributed by atoms with Gasteiger partial charge in [-0.2, -0.15) is 0 Å². The zero-order chi connectivity index (χ0) is 22.6. The monoisotopic (exact) mass is 459 g/mol. The molecule has 162 valence electrons. The van der Waals surface area contributed by atoms with E-state index in [1.807, 2.05) is 30.3 Å². The van der Waals surface area contributed by atoms with E-state index in [1.54, 1.807) is 6.08 Å². The summed E-state index contributed by atoms with van der Waals surface area (Å²) in [5, 5.41) is 2.21. The van der Waals surface area contributed by atoms with Crippen molar-refractivity contribution in [3.8, 4) is 0 Å². The molecular weight excluding hydrogens is 438 g/mol. The van der Waals surface area contributed by atoms with Crippen molar-refractivity contribution in [3.05, 3.63) is 70.6 Å². The Kier molecular flexibility index (Phi) is 6.94.